The molecule has 114 valence electrons. The Bertz CT molecular complexity index is 482. The number of allylic oxidation sites excluding steroid dienone is 4. The van der Waals surface area contributed by atoms with Crippen LogP contribution in [0.2, 0.25) is 0 Å². The largest absolute Gasteiger partial charge is 0.0828 e. The van der Waals surface area contributed by atoms with E-state index in [9.17, 15) is 0 Å². The molecule has 0 amide bonds. The summed E-state index contributed by atoms with van der Waals surface area (Å²) in [5.41, 5.74) is 3.47. The van der Waals surface area contributed by atoms with E-state index in [1.165, 1.54) is 51.4 Å². The van der Waals surface area contributed by atoms with Gasteiger partial charge < -0.3 is 0 Å². The Morgan fingerprint density at radius 1 is 0.905 bits per heavy atom. The van der Waals surface area contributed by atoms with Crippen molar-refractivity contribution in [1.82, 2.24) is 0 Å². The number of rotatable bonds is 9. The number of hydrogen-bond donors (Lipinski definition) is 0. The van der Waals surface area contributed by atoms with Crippen molar-refractivity contribution in [3.63, 3.8) is 0 Å². The van der Waals surface area contributed by atoms with Crippen molar-refractivity contribution in [2.45, 2.75) is 65.2 Å². The van der Waals surface area contributed by atoms with Gasteiger partial charge in [-0.25, -0.2) is 0 Å². The fourth-order valence-electron chi connectivity index (χ4n) is 3.21. The Balaban J connectivity index is 1.96. The number of hydrogen-bond acceptors (Lipinski definition) is 0. The van der Waals surface area contributed by atoms with Crippen LogP contribution in [0.1, 0.15) is 65.2 Å². The fourth-order valence-corrected chi connectivity index (χ4v) is 5.02. The zero-order valence-corrected chi connectivity index (χ0v) is 15.2. The Morgan fingerprint density at radius 3 is 2.38 bits per heavy atom. The van der Waals surface area contributed by atoms with E-state index < -0.39 is 0 Å². The minimum Gasteiger partial charge on any atom is -0.0783 e. The smallest absolute Gasteiger partial charge is 0.0783 e. The maximum atomic E-state index is 2.58. The highest BCUT2D eigenvalue weighted by Crippen LogP contribution is 2.31. The van der Waals surface area contributed by atoms with Crippen LogP contribution in [0.5, 0.6) is 0 Å². The fraction of sp³-hybridized carbons (Fsp3) is 0.500. The molecule has 0 aliphatic heterocycles. The third kappa shape index (κ3) is 5.31. The van der Waals surface area contributed by atoms with Gasteiger partial charge >= 0.3 is 0 Å². The predicted molar refractivity (Wildman–Crippen MR) is 98.0 cm³/mol. The van der Waals surface area contributed by atoms with Crippen molar-refractivity contribution < 1.29 is 0 Å². The zero-order valence-electron chi connectivity index (χ0n) is 13.8. The highest BCUT2D eigenvalue weighted by Gasteiger charge is 2.15. The normalized spacial score (nSPS) is 15.2. The second kappa shape index (κ2) is 9.04. The summed E-state index contributed by atoms with van der Waals surface area (Å²) in [5.74, 6) is 0. The molecular weight excluding hydrogens is 268 g/mol. The summed E-state index contributed by atoms with van der Waals surface area (Å²) in [6.07, 6.45) is 13.3. The Hall–Kier alpha value is -1.08. The molecule has 0 atom stereocenters. The van der Waals surface area contributed by atoms with Crippen LogP contribution >= 0.6 is 0 Å². The Kier molecular flexibility index (Phi) is 7.01. The topological polar surface area (TPSA) is 0 Å². The molecule has 1 heteroatoms. The summed E-state index contributed by atoms with van der Waals surface area (Å²) in [4.78, 5) is 0. The zero-order chi connectivity index (χ0) is 14.9. The van der Waals surface area contributed by atoms with Crippen molar-refractivity contribution >= 4 is 14.7 Å². The molecule has 0 nitrogen and oxygen atoms in total. The first-order valence-electron chi connectivity index (χ1n) is 8.77. The summed E-state index contributed by atoms with van der Waals surface area (Å²) in [6, 6.07) is 11.1. The van der Waals surface area contributed by atoms with Gasteiger partial charge in [-0.2, -0.15) is 0 Å². The van der Waals surface area contributed by atoms with Gasteiger partial charge in [0.05, 0.1) is 9.52 Å². The second-order valence-corrected chi connectivity index (χ2v) is 8.41. The predicted octanol–water partition coefficient (Wildman–Crippen LogP) is 4.84. The first-order valence-corrected chi connectivity index (χ1v) is 10.2. The molecule has 1 aromatic rings. The standard InChI is InChI=1S/C20H30Si/c1-3-5-8-12-18-16-20(15-17(18)11-6-4-2)21-19-13-9-7-10-14-19/h7,9-10,13-15H,3-6,8,11-12,16,21H2,1-2H3. The quantitative estimate of drug-likeness (QED) is 0.452. The van der Waals surface area contributed by atoms with Crippen LogP contribution in [0, 0.1) is 0 Å². The molecule has 0 saturated carbocycles. The highest BCUT2D eigenvalue weighted by molar-refractivity contribution is 6.61. The first-order chi connectivity index (χ1) is 10.3. The minimum absolute atomic E-state index is 0.231. The lowest BCUT2D eigenvalue weighted by Crippen LogP contribution is -2.15. The third-order valence-electron chi connectivity index (χ3n) is 4.43. The molecule has 0 aromatic heterocycles. The maximum Gasteiger partial charge on any atom is 0.0828 e. The molecule has 0 radical (unpaired) electrons. The average Bonchev–Trinajstić information content (AvgIpc) is 2.88. The minimum atomic E-state index is -0.231. The number of benzene rings is 1. The van der Waals surface area contributed by atoms with E-state index in [1.54, 1.807) is 21.5 Å². The van der Waals surface area contributed by atoms with E-state index in [0.717, 1.165) is 0 Å². The van der Waals surface area contributed by atoms with Crippen molar-refractivity contribution in [1.29, 1.82) is 0 Å². The van der Waals surface area contributed by atoms with E-state index in [1.807, 2.05) is 0 Å². The van der Waals surface area contributed by atoms with Gasteiger partial charge in [-0.15, -0.1) is 0 Å². The molecule has 21 heavy (non-hydrogen) atoms. The summed E-state index contributed by atoms with van der Waals surface area (Å²) in [5, 5.41) is 3.35. The molecular formula is C20H30Si. The molecule has 2 rings (SSSR count). The average molecular weight is 299 g/mol. The maximum absolute atomic E-state index is 2.58. The molecule has 0 fully saturated rings. The molecule has 1 aromatic carbocycles. The van der Waals surface area contributed by atoms with Crippen LogP contribution in [-0.2, 0) is 0 Å². The third-order valence-corrected chi connectivity index (χ3v) is 6.22. The van der Waals surface area contributed by atoms with Crippen LogP contribution in [0.4, 0.5) is 0 Å². The Morgan fingerprint density at radius 2 is 1.67 bits per heavy atom. The first kappa shape index (κ1) is 16.3. The summed E-state index contributed by atoms with van der Waals surface area (Å²) in [7, 11) is -0.231. The van der Waals surface area contributed by atoms with Crippen molar-refractivity contribution in [3.05, 3.63) is 52.8 Å². The summed E-state index contributed by atoms with van der Waals surface area (Å²) in [6.45, 7) is 4.60. The van der Waals surface area contributed by atoms with Gasteiger partial charge in [0.1, 0.15) is 0 Å². The van der Waals surface area contributed by atoms with Crippen LogP contribution in [-0.4, -0.2) is 9.52 Å². The Labute approximate surface area is 133 Å². The van der Waals surface area contributed by atoms with E-state index in [0.29, 0.717) is 0 Å². The lowest BCUT2D eigenvalue weighted by molar-refractivity contribution is 0.699. The molecule has 1 aliphatic rings. The van der Waals surface area contributed by atoms with Gasteiger partial charge in [0, 0.05) is 0 Å². The van der Waals surface area contributed by atoms with Crippen LogP contribution in [0.15, 0.2) is 52.8 Å². The van der Waals surface area contributed by atoms with Gasteiger partial charge in [0.25, 0.3) is 0 Å². The lowest BCUT2D eigenvalue weighted by atomic mass is 10.00. The van der Waals surface area contributed by atoms with Gasteiger partial charge in [-0.05, 0) is 37.7 Å². The molecule has 0 heterocycles. The van der Waals surface area contributed by atoms with Gasteiger partial charge in [-0.3, -0.25) is 0 Å². The lowest BCUT2D eigenvalue weighted by Gasteiger charge is -2.07. The highest BCUT2D eigenvalue weighted by atomic mass is 28.2. The van der Waals surface area contributed by atoms with Crippen LogP contribution in [0.3, 0.4) is 0 Å². The van der Waals surface area contributed by atoms with Gasteiger partial charge in [0.15, 0.2) is 0 Å². The van der Waals surface area contributed by atoms with Crippen LogP contribution < -0.4 is 5.19 Å². The van der Waals surface area contributed by atoms with E-state index in [-0.39, 0.29) is 9.52 Å². The van der Waals surface area contributed by atoms with Crippen LogP contribution in [0.25, 0.3) is 0 Å². The van der Waals surface area contributed by atoms with Gasteiger partial charge in [-0.1, -0.05) is 85.5 Å². The van der Waals surface area contributed by atoms with E-state index >= 15 is 0 Å². The van der Waals surface area contributed by atoms with E-state index in [4.69, 9.17) is 0 Å². The van der Waals surface area contributed by atoms with Crippen molar-refractivity contribution in [3.8, 4) is 0 Å². The SMILES string of the molecule is CCCCCC1=C(CCCC)C=C([SiH2]c2ccccc2)C1. The van der Waals surface area contributed by atoms with Crippen molar-refractivity contribution in [2.75, 3.05) is 0 Å². The summed E-state index contributed by atoms with van der Waals surface area (Å²) >= 11 is 0. The molecule has 1 aliphatic carbocycles. The molecule has 0 N–H and O–H groups in total. The molecule has 0 bridgehead atoms. The van der Waals surface area contributed by atoms with Gasteiger partial charge in [0.2, 0.25) is 0 Å². The molecule has 0 spiro atoms. The molecule has 0 unspecified atom stereocenters. The number of unbranched alkanes of at least 4 members (excludes halogenated alkanes) is 3. The van der Waals surface area contributed by atoms with E-state index in [2.05, 4.69) is 50.3 Å². The monoisotopic (exact) mass is 298 g/mol. The van der Waals surface area contributed by atoms with Crippen molar-refractivity contribution in [2.24, 2.45) is 0 Å². The second-order valence-electron chi connectivity index (χ2n) is 6.33. The molecule has 0 saturated heterocycles. The summed E-state index contributed by atoms with van der Waals surface area (Å²) < 4.78 is 0.